The minimum atomic E-state index is -0.371. The Kier molecular flexibility index (Phi) is 4.64. The molecule has 0 fully saturated rings. The van der Waals surface area contributed by atoms with E-state index in [1.807, 2.05) is 5.38 Å². The van der Waals surface area contributed by atoms with Crippen LogP contribution in [-0.2, 0) is 0 Å². The van der Waals surface area contributed by atoms with Crippen LogP contribution in [-0.4, -0.2) is 35.4 Å². The van der Waals surface area contributed by atoms with Crippen LogP contribution in [0.2, 0.25) is 5.02 Å². The Balaban J connectivity index is 1.61. The van der Waals surface area contributed by atoms with Crippen LogP contribution < -0.4 is 10.9 Å². The molecule has 9 nitrogen and oxygen atoms in total. The molecule has 4 aromatic heterocycles. The molecule has 0 unspecified atom stereocenters. The Bertz CT molecular complexity index is 1470. The molecule has 1 aromatic carbocycles. The van der Waals surface area contributed by atoms with Gasteiger partial charge in [0.1, 0.15) is 11.2 Å². The van der Waals surface area contributed by atoms with Crippen molar-refractivity contribution in [1.82, 2.24) is 29.5 Å². The Morgan fingerprint density at radius 1 is 1.19 bits per heavy atom. The summed E-state index contributed by atoms with van der Waals surface area (Å²) in [5.74, 6) is 0.268. The summed E-state index contributed by atoms with van der Waals surface area (Å²) in [7, 11) is 0. The van der Waals surface area contributed by atoms with Gasteiger partial charge in [-0.3, -0.25) is 14.6 Å². The average molecular weight is 452 g/mol. The number of halogens is 1. The summed E-state index contributed by atoms with van der Waals surface area (Å²) in [6, 6.07) is 12.2. The number of H-pyrrole nitrogens is 1. The lowest BCUT2D eigenvalue weighted by molar-refractivity contribution is 0.103. The Hall–Kier alpha value is -3.76. The van der Waals surface area contributed by atoms with Crippen molar-refractivity contribution in [3.05, 3.63) is 80.0 Å². The quantitative estimate of drug-likeness (QED) is 0.434. The molecule has 154 valence electrons. The maximum atomic E-state index is 12.7. The maximum absolute atomic E-state index is 12.7. The largest absolute Gasteiger partial charge is 0.306 e. The van der Waals surface area contributed by atoms with E-state index in [2.05, 4.69) is 25.5 Å². The number of nitrogens with zero attached hydrogens (tertiary/aromatic N) is 5. The summed E-state index contributed by atoms with van der Waals surface area (Å²) in [5.41, 5.74) is 1.33. The van der Waals surface area contributed by atoms with Gasteiger partial charge in [0.05, 0.1) is 22.5 Å². The lowest BCUT2D eigenvalue weighted by Crippen LogP contribution is -2.18. The average Bonchev–Trinajstić information content (AvgIpc) is 3.48. The summed E-state index contributed by atoms with van der Waals surface area (Å²) in [6.07, 6.45) is 1.45. The van der Waals surface area contributed by atoms with Crippen molar-refractivity contribution in [3.8, 4) is 11.6 Å². The lowest BCUT2D eigenvalue weighted by Gasteiger charge is -2.08. The number of carbonyl (C=O) groups is 1. The second kappa shape index (κ2) is 7.49. The fraction of sp³-hybridized carbons (Fsp3) is 0.0500. The second-order valence-electron chi connectivity index (χ2n) is 6.67. The number of nitrogens with one attached hydrogen (secondary N) is 2. The molecule has 4 heterocycles. The molecule has 5 aromatic rings. The highest BCUT2D eigenvalue weighted by Gasteiger charge is 2.17. The van der Waals surface area contributed by atoms with E-state index in [0.29, 0.717) is 38.1 Å². The van der Waals surface area contributed by atoms with E-state index in [0.717, 1.165) is 0 Å². The molecule has 0 spiro atoms. The molecule has 0 saturated carbocycles. The smallest absolute Gasteiger partial charge is 0.266 e. The van der Waals surface area contributed by atoms with Crippen LogP contribution in [0, 0.1) is 6.92 Å². The minimum Gasteiger partial charge on any atom is -0.306 e. The van der Waals surface area contributed by atoms with Gasteiger partial charge >= 0.3 is 0 Å². The molecule has 31 heavy (non-hydrogen) atoms. The van der Waals surface area contributed by atoms with E-state index in [1.54, 1.807) is 54.1 Å². The predicted octanol–water partition coefficient (Wildman–Crippen LogP) is 3.57. The Morgan fingerprint density at radius 3 is 2.74 bits per heavy atom. The fourth-order valence-corrected chi connectivity index (χ4v) is 3.86. The van der Waals surface area contributed by atoms with E-state index in [4.69, 9.17) is 11.6 Å². The number of anilines is 1. The number of carbonyl (C=O) groups excluding carboxylic acids is 1. The predicted molar refractivity (Wildman–Crippen MR) is 119 cm³/mol. The van der Waals surface area contributed by atoms with Crippen LogP contribution in [0.25, 0.3) is 22.7 Å². The first kappa shape index (κ1) is 19.2. The fourth-order valence-electron chi connectivity index (χ4n) is 3.11. The standard InChI is InChI=1S/C20H14ClN7O2S/c1-11-9-16(23-19(30)15-3-2-8-31-15)28(26-11)20-24-17-14(18(29)25-20)10-22-27(17)13-6-4-12(21)5-7-13/h2-10H,1H3,(H,23,30)(H,24,25,29). The van der Waals surface area contributed by atoms with Crippen molar-refractivity contribution >= 4 is 45.7 Å². The minimum absolute atomic E-state index is 0.155. The van der Waals surface area contributed by atoms with E-state index >= 15 is 0 Å². The third-order valence-corrected chi connectivity index (χ3v) is 5.64. The van der Waals surface area contributed by atoms with Crippen molar-refractivity contribution in [2.24, 2.45) is 0 Å². The van der Waals surface area contributed by atoms with Crippen LogP contribution in [0.1, 0.15) is 15.4 Å². The van der Waals surface area contributed by atoms with Gasteiger partial charge in [-0.25, -0.2) is 4.68 Å². The summed E-state index contributed by atoms with van der Waals surface area (Å²) < 4.78 is 2.94. The normalized spacial score (nSPS) is 11.2. The maximum Gasteiger partial charge on any atom is 0.266 e. The number of benzene rings is 1. The molecule has 1 amide bonds. The summed E-state index contributed by atoms with van der Waals surface area (Å²) in [6.45, 7) is 1.78. The SMILES string of the molecule is Cc1cc(NC(=O)c2cccs2)n(-c2nc3c(cnn3-c3ccc(Cl)cc3)c(=O)[nH]2)n1. The second-order valence-corrected chi connectivity index (χ2v) is 8.06. The monoisotopic (exact) mass is 451 g/mol. The number of thiophene rings is 1. The molecular weight excluding hydrogens is 438 g/mol. The van der Waals surface area contributed by atoms with Gasteiger partial charge in [0.15, 0.2) is 5.65 Å². The number of aromatic amines is 1. The van der Waals surface area contributed by atoms with Crippen molar-refractivity contribution in [2.75, 3.05) is 5.32 Å². The van der Waals surface area contributed by atoms with Crippen LogP contribution in [0.5, 0.6) is 0 Å². The third kappa shape index (κ3) is 3.51. The molecule has 5 rings (SSSR count). The number of rotatable bonds is 4. The Morgan fingerprint density at radius 2 is 2.00 bits per heavy atom. The third-order valence-electron chi connectivity index (χ3n) is 4.52. The topological polar surface area (TPSA) is 110 Å². The molecular formula is C20H14ClN7O2S. The molecule has 11 heteroatoms. The van der Waals surface area contributed by atoms with Gasteiger partial charge in [0.2, 0.25) is 5.95 Å². The van der Waals surface area contributed by atoms with Crippen LogP contribution in [0.4, 0.5) is 5.82 Å². The molecule has 0 atom stereocenters. The first-order valence-electron chi connectivity index (χ1n) is 9.15. The molecule has 0 aliphatic rings. The molecule has 2 N–H and O–H groups in total. The number of amides is 1. The molecule has 0 bridgehead atoms. The summed E-state index contributed by atoms with van der Waals surface area (Å²) in [5, 5.41) is 14.2. The number of aryl methyl sites for hydroxylation is 1. The zero-order valence-corrected chi connectivity index (χ0v) is 17.6. The number of hydrogen-bond donors (Lipinski definition) is 2. The number of aromatic nitrogens is 6. The molecule has 0 radical (unpaired) electrons. The summed E-state index contributed by atoms with van der Waals surface area (Å²) in [4.78, 5) is 33.1. The van der Waals surface area contributed by atoms with Gasteiger partial charge in [-0.1, -0.05) is 17.7 Å². The number of hydrogen-bond acceptors (Lipinski definition) is 6. The van der Waals surface area contributed by atoms with E-state index in [9.17, 15) is 9.59 Å². The van der Waals surface area contributed by atoms with Gasteiger partial charge in [-0.15, -0.1) is 11.3 Å². The highest BCUT2D eigenvalue weighted by atomic mass is 35.5. The van der Waals surface area contributed by atoms with Gasteiger partial charge in [-0.05, 0) is 42.6 Å². The lowest BCUT2D eigenvalue weighted by atomic mass is 10.3. The van der Waals surface area contributed by atoms with Crippen LogP contribution in [0.3, 0.4) is 0 Å². The Labute approximate surface area is 183 Å². The van der Waals surface area contributed by atoms with Gasteiger partial charge < -0.3 is 5.32 Å². The van der Waals surface area contributed by atoms with Crippen LogP contribution >= 0.6 is 22.9 Å². The van der Waals surface area contributed by atoms with Crippen molar-refractivity contribution in [1.29, 1.82) is 0 Å². The van der Waals surface area contributed by atoms with E-state index in [-0.39, 0.29) is 17.4 Å². The molecule has 0 saturated heterocycles. The highest BCUT2D eigenvalue weighted by Crippen LogP contribution is 2.20. The first-order valence-corrected chi connectivity index (χ1v) is 10.4. The zero-order valence-electron chi connectivity index (χ0n) is 16.0. The summed E-state index contributed by atoms with van der Waals surface area (Å²) >= 11 is 7.30. The van der Waals surface area contributed by atoms with Gasteiger partial charge in [0, 0.05) is 11.1 Å². The highest BCUT2D eigenvalue weighted by molar-refractivity contribution is 7.12. The number of fused-ring (bicyclic) bond motifs is 1. The molecule has 0 aliphatic carbocycles. The van der Waals surface area contributed by atoms with Gasteiger partial charge in [0.25, 0.3) is 11.5 Å². The van der Waals surface area contributed by atoms with E-state index in [1.165, 1.54) is 22.2 Å². The molecule has 0 aliphatic heterocycles. The van der Waals surface area contributed by atoms with E-state index < -0.39 is 0 Å². The van der Waals surface area contributed by atoms with Crippen molar-refractivity contribution in [3.63, 3.8) is 0 Å². The first-order chi connectivity index (χ1) is 15.0. The van der Waals surface area contributed by atoms with Crippen LogP contribution in [0.15, 0.2) is 58.8 Å². The van der Waals surface area contributed by atoms with Gasteiger partial charge in [-0.2, -0.15) is 19.9 Å². The van der Waals surface area contributed by atoms with Crippen molar-refractivity contribution < 1.29 is 4.79 Å². The van der Waals surface area contributed by atoms with Crippen molar-refractivity contribution in [2.45, 2.75) is 6.92 Å². The zero-order chi connectivity index (χ0) is 21.5.